The molecule has 1 N–H and O–H groups in total. The molecule has 2 aromatic heterocycles. The zero-order chi connectivity index (χ0) is 12.8. The van der Waals surface area contributed by atoms with E-state index >= 15 is 0 Å². The Morgan fingerprint density at radius 2 is 2.06 bits per heavy atom. The number of pyridine rings is 1. The van der Waals surface area contributed by atoms with Gasteiger partial charge in [0.1, 0.15) is 11.3 Å². The van der Waals surface area contributed by atoms with Gasteiger partial charge in [0.05, 0.1) is 0 Å². The van der Waals surface area contributed by atoms with Crippen LogP contribution in [0.4, 0.5) is 0 Å². The van der Waals surface area contributed by atoms with Gasteiger partial charge in [0, 0.05) is 18.6 Å². The fourth-order valence-corrected chi connectivity index (χ4v) is 2.27. The van der Waals surface area contributed by atoms with Crippen LogP contribution in [0.25, 0.3) is 11.0 Å². The Kier molecular flexibility index (Phi) is 2.45. The van der Waals surface area contributed by atoms with Gasteiger partial charge < -0.3 is 9.67 Å². The molecule has 2 heterocycles. The summed E-state index contributed by atoms with van der Waals surface area (Å²) in [7, 11) is 1.74. The minimum atomic E-state index is -0.907. The Morgan fingerprint density at radius 1 is 1.41 bits per heavy atom. The fraction of sp³-hybridized carbons (Fsp3) is 0.385. The molecule has 0 aromatic carbocycles. The van der Waals surface area contributed by atoms with Crippen molar-refractivity contribution in [2.45, 2.75) is 26.2 Å². The van der Waals surface area contributed by atoms with Crippen molar-refractivity contribution in [3.8, 4) is 0 Å². The number of fused-ring (bicyclic) bond motifs is 1. The third-order valence-corrected chi connectivity index (χ3v) is 2.90. The van der Waals surface area contributed by atoms with Crippen molar-refractivity contribution in [2.24, 2.45) is 7.05 Å². The van der Waals surface area contributed by atoms with E-state index in [0.717, 1.165) is 16.6 Å². The first-order chi connectivity index (χ1) is 7.84. The standard InChI is InChI=1S/C13H16N2O2/c1-13(2,3)9-8-6-5-7-14-11(8)15(4)10(9)12(16)17/h5-7H,1-4H3,(H,16,17). The van der Waals surface area contributed by atoms with Crippen molar-refractivity contribution in [1.29, 1.82) is 0 Å². The summed E-state index contributed by atoms with van der Waals surface area (Å²) >= 11 is 0. The highest BCUT2D eigenvalue weighted by atomic mass is 16.4. The number of aromatic carboxylic acids is 1. The molecule has 90 valence electrons. The largest absolute Gasteiger partial charge is 0.477 e. The summed E-state index contributed by atoms with van der Waals surface area (Å²) in [6, 6.07) is 3.76. The van der Waals surface area contributed by atoms with Gasteiger partial charge in [-0.1, -0.05) is 20.8 Å². The number of aromatic nitrogens is 2. The van der Waals surface area contributed by atoms with Gasteiger partial charge >= 0.3 is 5.97 Å². The molecule has 0 fully saturated rings. The van der Waals surface area contributed by atoms with E-state index in [1.165, 1.54) is 0 Å². The minimum Gasteiger partial charge on any atom is -0.477 e. The Labute approximate surface area is 99.9 Å². The summed E-state index contributed by atoms with van der Waals surface area (Å²) in [5, 5.41) is 10.3. The third kappa shape index (κ3) is 1.69. The summed E-state index contributed by atoms with van der Waals surface area (Å²) in [6.07, 6.45) is 1.68. The number of aryl methyl sites for hydroxylation is 1. The van der Waals surface area contributed by atoms with Crippen LogP contribution in [0, 0.1) is 0 Å². The Morgan fingerprint density at radius 3 is 2.59 bits per heavy atom. The van der Waals surface area contributed by atoms with Crippen LogP contribution in [-0.4, -0.2) is 20.6 Å². The van der Waals surface area contributed by atoms with Gasteiger partial charge in [-0.05, 0) is 23.1 Å². The molecule has 0 saturated heterocycles. The normalized spacial score (nSPS) is 12.0. The van der Waals surface area contributed by atoms with Gasteiger partial charge in [0.15, 0.2) is 0 Å². The second-order valence-electron chi connectivity index (χ2n) is 5.21. The summed E-state index contributed by atoms with van der Waals surface area (Å²) in [5.41, 5.74) is 1.66. The van der Waals surface area contributed by atoms with Crippen molar-refractivity contribution in [3.05, 3.63) is 29.6 Å². The zero-order valence-electron chi connectivity index (χ0n) is 10.5. The van der Waals surface area contributed by atoms with Crippen LogP contribution in [0.5, 0.6) is 0 Å². The molecule has 0 spiro atoms. The molecule has 0 aliphatic rings. The zero-order valence-corrected chi connectivity index (χ0v) is 10.5. The summed E-state index contributed by atoms with van der Waals surface area (Å²) in [4.78, 5) is 15.7. The van der Waals surface area contributed by atoms with E-state index in [4.69, 9.17) is 0 Å². The monoisotopic (exact) mass is 232 g/mol. The van der Waals surface area contributed by atoms with E-state index in [0.29, 0.717) is 5.69 Å². The average Bonchev–Trinajstić information content (AvgIpc) is 2.52. The summed E-state index contributed by atoms with van der Waals surface area (Å²) < 4.78 is 1.65. The van der Waals surface area contributed by atoms with Gasteiger partial charge in [0.2, 0.25) is 0 Å². The molecule has 2 rings (SSSR count). The smallest absolute Gasteiger partial charge is 0.352 e. The predicted octanol–water partition coefficient (Wildman–Crippen LogP) is 2.57. The number of hydrogen-bond donors (Lipinski definition) is 1. The summed E-state index contributed by atoms with van der Waals surface area (Å²) in [5.74, 6) is -0.907. The van der Waals surface area contributed by atoms with E-state index in [1.807, 2.05) is 32.9 Å². The number of rotatable bonds is 1. The van der Waals surface area contributed by atoms with Crippen LogP contribution in [-0.2, 0) is 12.5 Å². The molecule has 2 aromatic rings. The van der Waals surface area contributed by atoms with Crippen LogP contribution in [0.3, 0.4) is 0 Å². The Balaban J connectivity index is 2.96. The fourth-order valence-electron chi connectivity index (χ4n) is 2.27. The van der Waals surface area contributed by atoms with E-state index in [2.05, 4.69) is 4.98 Å². The van der Waals surface area contributed by atoms with Crippen LogP contribution >= 0.6 is 0 Å². The van der Waals surface area contributed by atoms with Crippen molar-refractivity contribution >= 4 is 17.0 Å². The molecular weight excluding hydrogens is 216 g/mol. The second kappa shape index (κ2) is 3.58. The first kappa shape index (κ1) is 11.6. The highest BCUT2D eigenvalue weighted by Gasteiger charge is 2.28. The van der Waals surface area contributed by atoms with Crippen molar-refractivity contribution < 1.29 is 9.90 Å². The highest BCUT2D eigenvalue weighted by Crippen LogP contribution is 2.34. The van der Waals surface area contributed by atoms with Gasteiger partial charge in [-0.3, -0.25) is 0 Å². The first-order valence-corrected chi connectivity index (χ1v) is 5.51. The molecule has 0 aliphatic heterocycles. The summed E-state index contributed by atoms with van der Waals surface area (Å²) in [6.45, 7) is 6.05. The van der Waals surface area contributed by atoms with Crippen molar-refractivity contribution in [3.63, 3.8) is 0 Å². The van der Waals surface area contributed by atoms with Crippen LogP contribution in [0.2, 0.25) is 0 Å². The lowest BCUT2D eigenvalue weighted by molar-refractivity contribution is 0.0684. The molecule has 0 saturated carbocycles. The number of carboxylic acid groups (broad SMARTS) is 1. The van der Waals surface area contributed by atoms with E-state index in [9.17, 15) is 9.90 Å². The van der Waals surface area contributed by atoms with Crippen molar-refractivity contribution in [1.82, 2.24) is 9.55 Å². The number of carbonyl (C=O) groups is 1. The molecule has 0 amide bonds. The van der Waals surface area contributed by atoms with Gasteiger partial charge in [-0.25, -0.2) is 9.78 Å². The molecule has 0 bridgehead atoms. The van der Waals surface area contributed by atoms with Crippen LogP contribution < -0.4 is 0 Å². The highest BCUT2D eigenvalue weighted by molar-refractivity contribution is 5.97. The molecule has 17 heavy (non-hydrogen) atoms. The van der Waals surface area contributed by atoms with Gasteiger partial charge in [-0.2, -0.15) is 0 Å². The Bertz CT molecular complexity index is 591. The lowest BCUT2D eigenvalue weighted by atomic mass is 9.85. The topological polar surface area (TPSA) is 55.1 Å². The maximum Gasteiger partial charge on any atom is 0.352 e. The maximum absolute atomic E-state index is 11.4. The number of hydrogen-bond acceptors (Lipinski definition) is 2. The van der Waals surface area contributed by atoms with Crippen LogP contribution in [0.1, 0.15) is 36.8 Å². The van der Waals surface area contributed by atoms with Crippen LogP contribution in [0.15, 0.2) is 18.3 Å². The predicted molar refractivity (Wildman–Crippen MR) is 66.4 cm³/mol. The first-order valence-electron chi connectivity index (χ1n) is 5.51. The minimum absolute atomic E-state index is 0.226. The van der Waals surface area contributed by atoms with E-state index < -0.39 is 5.97 Å². The SMILES string of the molecule is Cn1c(C(=O)O)c(C(C)(C)C)c2cccnc21. The molecule has 0 aliphatic carbocycles. The lowest BCUT2D eigenvalue weighted by Gasteiger charge is -2.19. The van der Waals surface area contributed by atoms with Crippen molar-refractivity contribution in [2.75, 3.05) is 0 Å². The van der Waals surface area contributed by atoms with Gasteiger partial charge in [-0.15, -0.1) is 0 Å². The van der Waals surface area contributed by atoms with E-state index in [-0.39, 0.29) is 5.41 Å². The molecule has 0 radical (unpaired) electrons. The number of nitrogens with zero attached hydrogens (tertiary/aromatic N) is 2. The Hall–Kier alpha value is -1.84. The average molecular weight is 232 g/mol. The quantitative estimate of drug-likeness (QED) is 0.822. The maximum atomic E-state index is 11.4. The molecule has 0 unspecified atom stereocenters. The molecule has 4 heteroatoms. The molecule has 4 nitrogen and oxygen atoms in total. The van der Waals surface area contributed by atoms with E-state index in [1.54, 1.807) is 17.8 Å². The second-order valence-corrected chi connectivity index (χ2v) is 5.21. The number of carboxylic acids is 1. The molecule has 0 atom stereocenters. The molecular formula is C13H16N2O2. The lowest BCUT2D eigenvalue weighted by Crippen LogP contribution is -2.17. The third-order valence-electron chi connectivity index (χ3n) is 2.90. The van der Waals surface area contributed by atoms with Gasteiger partial charge in [0.25, 0.3) is 0 Å².